The number of likely N-dealkylation sites (N-methyl/N-ethyl adjacent to an activating group) is 1. The molecule has 0 aromatic carbocycles. The molecule has 0 saturated carbocycles. The Morgan fingerprint density at radius 3 is 1.53 bits per heavy atom. The number of nitrogens with zero attached hydrogens (tertiary/aromatic N) is 1. The van der Waals surface area contributed by atoms with Crippen LogP contribution >= 0.6 is 7.82 Å². The van der Waals surface area contributed by atoms with Gasteiger partial charge in [-0.3, -0.25) is 9.36 Å². The fourth-order valence-corrected chi connectivity index (χ4v) is 7.41. The van der Waals surface area contributed by atoms with Gasteiger partial charge in [-0.05, 0) is 57.8 Å². The Balaban J connectivity index is 4.42. The zero-order valence-corrected chi connectivity index (χ0v) is 39.4. The molecule has 9 heteroatoms. The first kappa shape index (κ1) is 56.5. The second kappa shape index (κ2) is 40.8. The molecule has 0 aliphatic carbocycles. The highest BCUT2D eigenvalue weighted by Gasteiger charge is 2.23. The molecule has 0 bridgehead atoms. The van der Waals surface area contributed by atoms with Crippen LogP contribution in [-0.4, -0.2) is 68.5 Å². The van der Waals surface area contributed by atoms with Gasteiger partial charge < -0.3 is 28.8 Å². The van der Waals surface area contributed by atoms with E-state index in [0.717, 1.165) is 57.8 Å². The molecule has 0 spiro atoms. The van der Waals surface area contributed by atoms with Crippen molar-refractivity contribution in [3.05, 3.63) is 48.6 Å². The fraction of sp³-hybridized carbons (Fsp3) is 0.816. The molecule has 0 fully saturated rings. The van der Waals surface area contributed by atoms with Gasteiger partial charge in [-0.15, -0.1) is 0 Å². The van der Waals surface area contributed by atoms with Crippen LogP contribution < -0.4 is 10.2 Å². The van der Waals surface area contributed by atoms with Crippen LogP contribution in [0.25, 0.3) is 0 Å². The standard InChI is InChI=1S/C49H93N2O6P/c1-6-8-10-12-14-16-18-20-22-23-24-25-26-27-29-30-32-34-36-38-40-42-48(52)47(46-57-58(54,55)56-45-44-51(3,4)5)50-49(53)43-41-39-37-35-33-31-28-21-19-17-15-13-11-9-7-2/h15,17,19,21,32,34,40,42,47-48,52H,6-14,16,18,20,22-31,33,35-39,41,43-46H2,1-5H3,(H-,50,53,54,55)/b17-15-,21-19-,34-32+,42-40+. The molecule has 58 heavy (non-hydrogen) atoms. The number of phosphoric ester groups is 1. The van der Waals surface area contributed by atoms with E-state index in [9.17, 15) is 19.4 Å². The maximum atomic E-state index is 12.9. The molecule has 8 nitrogen and oxygen atoms in total. The molecule has 340 valence electrons. The summed E-state index contributed by atoms with van der Waals surface area (Å²) in [5.74, 6) is -0.220. The van der Waals surface area contributed by atoms with Crippen molar-refractivity contribution in [1.29, 1.82) is 0 Å². The summed E-state index contributed by atoms with van der Waals surface area (Å²) in [7, 11) is 1.23. The van der Waals surface area contributed by atoms with Gasteiger partial charge in [-0.2, -0.15) is 0 Å². The third-order valence-electron chi connectivity index (χ3n) is 10.5. The van der Waals surface area contributed by atoms with Crippen molar-refractivity contribution in [2.24, 2.45) is 0 Å². The Kier molecular flexibility index (Phi) is 39.8. The van der Waals surface area contributed by atoms with Crippen LogP contribution in [0, 0.1) is 0 Å². The molecule has 0 saturated heterocycles. The smallest absolute Gasteiger partial charge is 0.268 e. The average molecular weight is 837 g/mol. The number of amides is 1. The Bertz CT molecular complexity index is 1090. The molecule has 0 aromatic rings. The lowest BCUT2D eigenvalue weighted by atomic mass is 10.0. The molecular weight excluding hydrogens is 744 g/mol. The summed E-state index contributed by atoms with van der Waals surface area (Å²) in [6.07, 6.45) is 51.6. The topological polar surface area (TPSA) is 108 Å². The van der Waals surface area contributed by atoms with E-state index in [2.05, 4.69) is 55.6 Å². The van der Waals surface area contributed by atoms with E-state index in [0.29, 0.717) is 17.4 Å². The second-order valence-electron chi connectivity index (χ2n) is 17.5. The van der Waals surface area contributed by atoms with Crippen molar-refractivity contribution < 1.29 is 32.9 Å². The highest BCUT2D eigenvalue weighted by Crippen LogP contribution is 2.38. The van der Waals surface area contributed by atoms with Gasteiger partial charge in [0.15, 0.2) is 0 Å². The van der Waals surface area contributed by atoms with E-state index in [1.165, 1.54) is 128 Å². The maximum Gasteiger partial charge on any atom is 0.268 e. The number of hydrogen-bond donors (Lipinski definition) is 2. The van der Waals surface area contributed by atoms with Gasteiger partial charge in [-0.25, -0.2) is 0 Å². The summed E-state index contributed by atoms with van der Waals surface area (Å²) in [4.78, 5) is 25.3. The number of allylic oxidation sites excluding steroid dienone is 7. The zero-order valence-electron chi connectivity index (χ0n) is 38.5. The summed E-state index contributed by atoms with van der Waals surface area (Å²) in [6.45, 7) is 4.59. The molecule has 0 radical (unpaired) electrons. The van der Waals surface area contributed by atoms with Crippen LogP contribution in [0.4, 0.5) is 0 Å². The Morgan fingerprint density at radius 1 is 0.603 bits per heavy atom. The van der Waals surface area contributed by atoms with Gasteiger partial charge in [0.2, 0.25) is 5.91 Å². The van der Waals surface area contributed by atoms with Crippen LogP contribution in [0.15, 0.2) is 48.6 Å². The molecule has 3 atom stereocenters. The van der Waals surface area contributed by atoms with E-state index in [-0.39, 0.29) is 12.5 Å². The van der Waals surface area contributed by atoms with Crippen molar-refractivity contribution >= 4 is 13.7 Å². The van der Waals surface area contributed by atoms with Gasteiger partial charge in [0, 0.05) is 6.42 Å². The van der Waals surface area contributed by atoms with Gasteiger partial charge >= 0.3 is 0 Å². The predicted molar refractivity (Wildman–Crippen MR) is 247 cm³/mol. The summed E-state index contributed by atoms with van der Waals surface area (Å²) >= 11 is 0. The number of aliphatic hydroxyl groups excluding tert-OH is 1. The molecule has 0 heterocycles. The first-order chi connectivity index (χ1) is 28.0. The number of carbonyl (C=O) groups is 1. The Labute approximate surface area is 359 Å². The van der Waals surface area contributed by atoms with Gasteiger partial charge in [0.05, 0.1) is 39.9 Å². The van der Waals surface area contributed by atoms with Crippen LogP contribution in [-0.2, 0) is 18.4 Å². The van der Waals surface area contributed by atoms with Crippen LogP contribution in [0.5, 0.6) is 0 Å². The molecule has 0 aromatic heterocycles. The first-order valence-corrected chi connectivity index (χ1v) is 25.5. The quantitative estimate of drug-likeness (QED) is 0.0208. The van der Waals surface area contributed by atoms with E-state index >= 15 is 0 Å². The van der Waals surface area contributed by atoms with Crippen LogP contribution in [0.2, 0.25) is 0 Å². The summed E-state index contributed by atoms with van der Waals surface area (Å²) in [5.41, 5.74) is 0. The number of carbonyl (C=O) groups excluding carboxylic acids is 1. The minimum absolute atomic E-state index is 0.00996. The Morgan fingerprint density at radius 2 is 1.02 bits per heavy atom. The normalized spacial score (nSPS) is 14.7. The maximum absolute atomic E-state index is 12.9. The van der Waals surface area contributed by atoms with Crippen molar-refractivity contribution in [2.45, 2.75) is 219 Å². The molecule has 2 N–H and O–H groups in total. The third kappa shape index (κ3) is 42.6. The zero-order chi connectivity index (χ0) is 42.8. The average Bonchev–Trinajstić information content (AvgIpc) is 3.17. The largest absolute Gasteiger partial charge is 0.756 e. The molecule has 0 aliphatic heterocycles. The highest BCUT2D eigenvalue weighted by molar-refractivity contribution is 7.45. The molecule has 0 aliphatic rings. The van der Waals surface area contributed by atoms with Crippen molar-refractivity contribution in [2.75, 3.05) is 40.9 Å². The lowest BCUT2D eigenvalue weighted by Crippen LogP contribution is -2.45. The number of aliphatic hydroxyl groups is 1. The van der Waals surface area contributed by atoms with Crippen LogP contribution in [0.1, 0.15) is 206 Å². The predicted octanol–water partition coefficient (Wildman–Crippen LogP) is 13.0. The monoisotopic (exact) mass is 837 g/mol. The highest BCUT2D eigenvalue weighted by atomic mass is 31.2. The van der Waals surface area contributed by atoms with Gasteiger partial charge in [-0.1, -0.05) is 191 Å². The molecule has 3 unspecified atom stereocenters. The van der Waals surface area contributed by atoms with E-state index in [1.54, 1.807) is 6.08 Å². The lowest BCUT2D eigenvalue weighted by molar-refractivity contribution is -0.870. The van der Waals surface area contributed by atoms with E-state index in [1.807, 2.05) is 27.2 Å². The molecule has 0 rings (SSSR count). The van der Waals surface area contributed by atoms with Crippen molar-refractivity contribution in [1.82, 2.24) is 5.32 Å². The SMILES string of the molecule is CCCCC/C=C\C=C/CCCCCCCCC(=O)NC(COP(=O)([O-])OCC[N+](C)(C)C)C(O)/C=C/CC/C=C/CCCCCCCCCCCCCCCCC. The first-order valence-electron chi connectivity index (χ1n) is 24.0. The summed E-state index contributed by atoms with van der Waals surface area (Å²) in [5, 5.41) is 13.8. The number of quaternary nitrogens is 1. The molecular formula is C49H93N2O6P. The second-order valence-corrected chi connectivity index (χ2v) is 18.9. The van der Waals surface area contributed by atoms with Gasteiger partial charge in [0.1, 0.15) is 13.2 Å². The molecule has 1 amide bonds. The van der Waals surface area contributed by atoms with Crippen molar-refractivity contribution in [3.63, 3.8) is 0 Å². The minimum atomic E-state index is -4.60. The summed E-state index contributed by atoms with van der Waals surface area (Å²) < 4.78 is 23.2. The summed E-state index contributed by atoms with van der Waals surface area (Å²) in [6, 6.07) is -0.909. The lowest BCUT2D eigenvalue weighted by Gasteiger charge is -2.29. The number of nitrogens with one attached hydrogen (secondary N) is 1. The van der Waals surface area contributed by atoms with E-state index in [4.69, 9.17) is 9.05 Å². The van der Waals surface area contributed by atoms with Crippen LogP contribution in [0.3, 0.4) is 0 Å². The number of hydrogen-bond acceptors (Lipinski definition) is 6. The van der Waals surface area contributed by atoms with Gasteiger partial charge in [0.25, 0.3) is 7.82 Å². The van der Waals surface area contributed by atoms with E-state index < -0.39 is 26.6 Å². The third-order valence-corrected chi connectivity index (χ3v) is 11.5. The fourth-order valence-electron chi connectivity index (χ4n) is 6.69. The number of unbranched alkanes of at least 4 members (excludes halogenated alkanes) is 25. The number of phosphoric acid groups is 1. The minimum Gasteiger partial charge on any atom is -0.756 e. The van der Waals surface area contributed by atoms with Crippen molar-refractivity contribution in [3.8, 4) is 0 Å². The Hall–Kier alpha value is -1.54. The number of rotatable bonds is 43.